The number of benzene rings is 1. The fourth-order valence-corrected chi connectivity index (χ4v) is 4.60. The molecule has 2 heterocycles. The van der Waals surface area contributed by atoms with Crippen LogP contribution < -0.4 is 10.1 Å². The van der Waals surface area contributed by atoms with Gasteiger partial charge >= 0.3 is 0 Å². The van der Waals surface area contributed by atoms with Crippen LogP contribution in [-0.4, -0.2) is 84.2 Å². The van der Waals surface area contributed by atoms with E-state index in [9.17, 15) is 19.2 Å². The Labute approximate surface area is 195 Å². The average molecular weight is 459 g/mol. The number of fused-ring (bicyclic) bond motifs is 1. The molecule has 0 radical (unpaired) electrons. The van der Waals surface area contributed by atoms with Crippen LogP contribution >= 0.6 is 0 Å². The number of nitrogens with one attached hydrogen (secondary N) is 1. The second kappa shape index (κ2) is 11.3. The second-order valence-electron chi connectivity index (χ2n) is 8.70. The lowest BCUT2D eigenvalue weighted by molar-refractivity contribution is -0.138. The van der Waals surface area contributed by atoms with E-state index in [0.29, 0.717) is 36.3 Å². The molecule has 33 heavy (non-hydrogen) atoms. The third kappa shape index (κ3) is 5.52. The molecule has 1 N–H and O–H groups in total. The van der Waals surface area contributed by atoms with Gasteiger partial charge in [-0.1, -0.05) is 32.8 Å². The van der Waals surface area contributed by atoms with Gasteiger partial charge in [-0.15, -0.1) is 0 Å². The summed E-state index contributed by atoms with van der Waals surface area (Å²) in [6, 6.07) is 4.59. The summed E-state index contributed by atoms with van der Waals surface area (Å²) in [5.41, 5.74) is 1.13. The Bertz CT molecular complexity index is 890. The molecule has 0 bridgehead atoms. The summed E-state index contributed by atoms with van der Waals surface area (Å²) in [6.07, 6.45) is 3.30. The Morgan fingerprint density at radius 1 is 1.27 bits per heavy atom. The minimum atomic E-state index is -0.736. The largest absolute Gasteiger partial charge is 0.483 e. The van der Waals surface area contributed by atoms with Crippen LogP contribution in [-0.2, 0) is 20.9 Å². The zero-order valence-electron chi connectivity index (χ0n) is 19.7. The molecule has 9 nitrogen and oxygen atoms in total. The maximum atomic E-state index is 13.1. The van der Waals surface area contributed by atoms with Gasteiger partial charge in [-0.25, -0.2) is 0 Å². The molecule has 2 aliphatic heterocycles. The van der Waals surface area contributed by atoms with Gasteiger partial charge in [0.1, 0.15) is 11.8 Å². The van der Waals surface area contributed by atoms with E-state index in [1.807, 2.05) is 11.8 Å². The summed E-state index contributed by atoms with van der Waals surface area (Å²) >= 11 is 0. The molecule has 0 spiro atoms. The first-order valence-electron chi connectivity index (χ1n) is 11.7. The number of likely N-dealkylation sites (N-methyl/N-ethyl adjacent to an activating group) is 1. The molecule has 1 fully saturated rings. The van der Waals surface area contributed by atoms with Crippen LogP contribution in [0.25, 0.3) is 0 Å². The van der Waals surface area contributed by atoms with E-state index >= 15 is 0 Å². The lowest BCUT2D eigenvalue weighted by atomic mass is 10.1. The van der Waals surface area contributed by atoms with Crippen molar-refractivity contribution in [3.05, 3.63) is 29.3 Å². The summed E-state index contributed by atoms with van der Waals surface area (Å²) in [6.45, 7) is 6.51. The zero-order chi connectivity index (χ0) is 24.0. The van der Waals surface area contributed by atoms with Crippen molar-refractivity contribution < 1.29 is 23.9 Å². The molecule has 2 atom stereocenters. The molecule has 0 aromatic heterocycles. The lowest BCUT2D eigenvalue weighted by Gasteiger charge is -2.39. The molecule has 3 rings (SSSR count). The van der Waals surface area contributed by atoms with Gasteiger partial charge < -0.3 is 19.4 Å². The normalized spacial score (nSPS) is 19.2. The highest BCUT2D eigenvalue weighted by molar-refractivity contribution is 6.02. The van der Waals surface area contributed by atoms with Crippen LogP contribution in [0.1, 0.15) is 55.5 Å². The van der Waals surface area contributed by atoms with Crippen molar-refractivity contribution in [2.24, 2.45) is 0 Å². The fraction of sp³-hybridized carbons (Fsp3) is 0.583. The average Bonchev–Trinajstić information content (AvgIpc) is 3.14. The van der Waals surface area contributed by atoms with E-state index in [0.717, 1.165) is 32.4 Å². The van der Waals surface area contributed by atoms with E-state index in [2.05, 4.69) is 24.2 Å². The van der Waals surface area contributed by atoms with Gasteiger partial charge in [0, 0.05) is 36.8 Å². The van der Waals surface area contributed by atoms with Crippen molar-refractivity contribution in [3.63, 3.8) is 0 Å². The quantitative estimate of drug-likeness (QED) is 0.532. The van der Waals surface area contributed by atoms with Crippen molar-refractivity contribution in [2.75, 3.05) is 33.3 Å². The Morgan fingerprint density at radius 3 is 2.76 bits per heavy atom. The monoisotopic (exact) mass is 458 g/mol. The highest BCUT2D eigenvalue weighted by Gasteiger charge is 2.37. The molecule has 2 unspecified atom stereocenters. The summed E-state index contributed by atoms with van der Waals surface area (Å²) in [5, 5.41) is 2.18. The Kier molecular flexibility index (Phi) is 8.43. The van der Waals surface area contributed by atoms with Crippen LogP contribution in [0.15, 0.2) is 18.2 Å². The highest BCUT2D eigenvalue weighted by atomic mass is 16.5. The number of ether oxygens (including phenoxy) is 1. The molecular formula is C24H34N4O5. The van der Waals surface area contributed by atoms with Crippen LogP contribution in [0.2, 0.25) is 0 Å². The topological polar surface area (TPSA) is 99.3 Å². The van der Waals surface area contributed by atoms with E-state index < -0.39 is 11.9 Å². The molecule has 1 aromatic rings. The van der Waals surface area contributed by atoms with Crippen LogP contribution in [0.3, 0.4) is 0 Å². The number of nitrogens with zero attached hydrogens (tertiary/aromatic N) is 3. The minimum absolute atomic E-state index is 0.0695. The van der Waals surface area contributed by atoms with Crippen molar-refractivity contribution >= 4 is 24.1 Å². The highest BCUT2D eigenvalue weighted by Crippen LogP contribution is 2.33. The third-order valence-electron chi connectivity index (χ3n) is 6.49. The number of hydrogen-bond acceptors (Lipinski definition) is 6. The maximum Gasteiger partial charge on any atom is 0.260 e. The summed E-state index contributed by atoms with van der Waals surface area (Å²) in [5.74, 6) is -0.351. The van der Waals surface area contributed by atoms with Crippen molar-refractivity contribution in [1.82, 2.24) is 20.0 Å². The molecule has 180 valence electrons. The summed E-state index contributed by atoms with van der Waals surface area (Å²) in [4.78, 5) is 54.8. The standard InChI is InChI=1S/C24H34N4O5/c1-4-6-9-20(23(31)25-16-29)28-14-19-18(24(28)32)8-7-10-21(19)33-15-22(30)27-12-11-26(3)13-17(27)5-2/h7-8,10,16-17,20H,4-6,9,11-15H2,1-3H3,(H,25,29,31). The zero-order valence-corrected chi connectivity index (χ0v) is 19.7. The first kappa shape index (κ1) is 24.7. The number of amides is 4. The minimum Gasteiger partial charge on any atom is -0.483 e. The lowest BCUT2D eigenvalue weighted by Crippen LogP contribution is -2.54. The first-order chi connectivity index (χ1) is 15.9. The van der Waals surface area contributed by atoms with Gasteiger partial charge in [0.25, 0.3) is 11.8 Å². The van der Waals surface area contributed by atoms with Gasteiger partial charge in [0.2, 0.25) is 12.3 Å². The maximum absolute atomic E-state index is 13.1. The summed E-state index contributed by atoms with van der Waals surface area (Å²) in [7, 11) is 2.06. The number of hydrogen-bond donors (Lipinski definition) is 1. The second-order valence-corrected chi connectivity index (χ2v) is 8.70. The van der Waals surface area contributed by atoms with E-state index in [1.54, 1.807) is 18.2 Å². The molecule has 9 heteroatoms. The van der Waals surface area contributed by atoms with Crippen molar-refractivity contribution in [1.29, 1.82) is 0 Å². The van der Waals surface area contributed by atoms with E-state index in [-0.39, 0.29) is 31.0 Å². The van der Waals surface area contributed by atoms with Gasteiger partial charge in [-0.3, -0.25) is 24.5 Å². The fourth-order valence-electron chi connectivity index (χ4n) is 4.60. The predicted molar refractivity (Wildman–Crippen MR) is 123 cm³/mol. The molecule has 0 saturated carbocycles. The Morgan fingerprint density at radius 2 is 2.06 bits per heavy atom. The van der Waals surface area contributed by atoms with Crippen LogP contribution in [0.4, 0.5) is 0 Å². The Balaban J connectivity index is 1.72. The van der Waals surface area contributed by atoms with Gasteiger partial charge in [0.15, 0.2) is 6.61 Å². The van der Waals surface area contributed by atoms with Gasteiger partial charge in [-0.2, -0.15) is 0 Å². The Hall–Kier alpha value is -2.94. The van der Waals surface area contributed by atoms with Crippen molar-refractivity contribution in [2.45, 2.75) is 58.2 Å². The number of unbranched alkanes of at least 4 members (excludes halogenated alkanes) is 1. The van der Waals surface area contributed by atoms with Gasteiger partial charge in [-0.05, 0) is 32.0 Å². The summed E-state index contributed by atoms with van der Waals surface area (Å²) < 4.78 is 5.91. The number of carbonyl (C=O) groups excluding carboxylic acids is 4. The molecular weight excluding hydrogens is 424 g/mol. The first-order valence-corrected chi connectivity index (χ1v) is 11.7. The van der Waals surface area contributed by atoms with Gasteiger partial charge in [0.05, 0.1) is 6.54 Å². The molecule has 4 amide bonds. The third-order valence-corrected chi connectivity index (χ3v) is 6.49. The molecule has 1 aromatic carbocycles. The number of piperazine rings is 1. The number of imide groups is 1. The van der Waals surface area contributed by atoms with E-state index in [4.69, 9.17) is 4.74 Å². The predicted octanol–water partition coefficient (Wildman–Crippen LogP) is 1.41. The van der Waals surface area contributed by atoms with Crippen LogP contribution in [0.5, 0.6) is 5.75 Å². The SMILES string of the molecule is CCCCC(C(=O)NC=O)N1Cc2c(OCC(=O)N3CCN(C)CC3CC)cccc2C1=O. The smallest absolute Gasteiger partial charge is 0.260 e. The molecule has 1 saturated heterocycles. The molecule has 2 aliphatic rings. The number of rotatable bonds is 10. The van der Waals surface area contributed by atoms with E-state index in [1.165, 1.54) is 4.90 Å². The van der Waals surface area contributed by atoms with Crippen molar-refractivity contribution in [3.8, 4) is 5.75 Å². The van der Waals surface area contributed by atoms with Crippen LogP contribution in [0, 0.1) is 0 Å². The number of carbonyl (C=O) groups is 4. The molecule has 0 aliphatic carbocycles.